The van der Waals surface area contributed by atoms with Crippen molar-refractivity contribution in [2.24, 2.45) is 11.8 Å². The summed E-state index contributed by atoms with van der Waals surface area (Å²) in [5.74, 6) is -3.21. The van der Waals surface area contributed by atoms with Crippen LogP contribution in [-0.4, -0.2) is 81.2 Å². The van der Waals surface area contributed by atoms with E-state index in [1.807, 2.05) is 13.0 Å². The van der Waals surface area contributed by atoms with Crippen LogP contribution in [0.3, 0.4) is 0 Å². The van der Waals surface area contributed by atoms with E-state index in [0.29, 0.717) is 37.7 Å². The average Bonchev–Trinajstić information content (AvgIpc) is 3.13. The van der Waals surface area contributed by atoms with Crippen LogP contribution in [0.5, 0.6) is 0 Å². The van der Waals surface area contributed by atoms with Crippen LogP contribution in [0, 0.1) is 11.8 Å². The quantitative estimate of drug-likeness (QED) is 0.0439. The normalized spacial score (nSPS) is 26.5. The second kappa shape index (κ2) is 22.0. The molecule has 0 aromatic rings. The third-order valence-electron chi connectivity index (χ3n) is 11.4. The average molecular weight is 803 g/mol. The van der Waals surface area contributed by atoms with Gasteiger partial charge in [0.15, 0.2) is 14.1 Å². The van der Waals surface area contributed by atoms with Crippen LogP contribution in [0.25, 0.3) is 0 Å². The lowest BCUT2D eigenvalue weighted by atomic mass is 9.78. The predicted octanol–water partition coefficient (Wildman–Crippen LogP) is 9.34. The van der Waals surface area contributed by atoms with E-state index < -0.39 is 49.7 Å². The fourth-order valence-corrected chi connectivity index (χ4v) is 7.95. The van der Waals surface area contributed by atoms with Crippen molar-refractivity contribution in [3.63, 3.8) is 0 Å². The van der Waals surface area contributed by atoms with E-state index in [0.717, 1.165) is 30.9 Å². The number of carbonyl (C=O) groups excluding carboxylic acids is 3. The van der Waals surface area contributed by atoms with Gasteiger partial charge in [-0.3, -0.25) is 9.59 Å². The molecule has 56 heavy (non-hydrogen) atoms. The first-order chi connectivity index (χ1) is 26.1. The maximum Gasteiger partial charge on any atom is 0.330 e. The lowest BCUT2D eigenvalue weighted by Gasteiger charge is -2.53. The number of methoxy groups -OCH3 is 2. The van der Waals surface area contributed by atoms with Crippen LogP contribution in [0.1, 0.15) is 120 Å². The molecule has 1 N–H and O–H groups in total. The van der Waals surface area contributed by atoms with Gasteiger partial charge in [-0.2, -0.15) is 0 Å². The highest BCUT2D eigenvalue weighted by molar-refractivity contribution is 6.74. The number of ether oxygens (including phenoxy) is 5. The summed E-state index contributed by atoms with van der Waals surface area (Å²) in [4.78, 5) is 48.3. The summed E-state index contributed by atoms with van der Waals surface area (Å²) in [6.45, 7) is 21.1. The topological polar surface area (TPSA) is 144 Å². The van der Waals surface area contributed by atoms with Gasteiger partial charge in [0.05, 0.1) is 39.3 Å². The van der Waals surface area contributed by atoms with Crippen molar-refractivity contribution in [1.82, 2.24) is 0 Å². The summed E-state index contributed by atoms with van der Waals surface area (Å²) in [7, 11) is 0.501. The van der Waals surface area contributed by atoms with Crippen LogP contribution in [0.2, 0.25) is 18.1 Å². The van der Waals surface area contributed by atoms with E-state index >= 15 is 0 Å². The first-order valence-corrected chi connectivity index (χ1v) is 23.0. The number of hydrogen-bond acceptors (Lipinski definition) is 10. The molecule has 2 fully saturated rings. The van der Waals surface area contributed by atoms with Crippen LogP contribution in [0.15, 0.2) is 59.8 Å². The van der Waals surface area contributed by atoms with Gasteiger partial charge in [-0.25, -0.2) is 9.59 Å². The maximum absolute atomic E-state index is 13.2. The van der Waals surface area contributed by atoms with E-state index in [4.69, 9.17) is 28.1 Å². The van der Waals surface area contributed by atoms with Gasteiger partial charge in [0.25, 0.3) is 0 Å². The second-order valence-corrected chi connectivity index (χ2v) is 21.8. The standard InChI is InChI=1S/C44H70O11Si/c1-13-14-26-43(54-41(49)24-23-40(48)51-10)28-29-44(53-37(43)21-17-32(3)30-38(45)46)27-25-34(5)35(52-44)19-15-31(2)16-20-36(33(4)18-22-39(47)50-9)55-56(11,12)42(6,7)8/h15-18,20-22,30,33-37H,13-14,19,23-29H2,1-12H3,(H,45,46)/b20-16+,21-17+,22-18+,31-15+,32-30+/t33-,34-,35+,36-,37-,43+,44-/m0/s1. The van der Waals surface area contributed by atoms with Crippen molar-refractivity contribution in [3.05, 3.63) is 59.8 Å². The van der Waals surface area contributed by atoms with Gasteiger partial charge in [-0.1, -0.05) is 90.0 Å². The van der Waals surface area contributed by atoms with Crippen LogP contribution in [-0.2, 0) is 47.3 Å². The van der Waals surface area contributed by atoms with Crippen LogP contribution >= 0.6 is 0 Å². The zero-order valence-corrected chi connectivity index (χ0v) is 37.1. The van der Waals surface area contributed by atoms with Crippen molar-refractivity contribution in [3.8, 4) is 0 Å². The second-order valence-electron chi connectivity index (χ2n) is 17.1. The van der Waals surface area contributed by atoms with E-state index in [2.05, 4.69) is 72.9 Å². The van der Waals surface area contributed by atoms with Crippen molar-refractivity contribution < 1.29 is 52.4 Å². The lowest BCUT2D eigenvalue weighted by Crippen LogP contribution is -2.59. The van der Waals surface area contributed by atoms with Crippen molar-refractivity contribution in [1.29, 1.82) is 0 Å². The Labute approximate surface area is 337 Å². The van der Waals surface area contributed by atoms with Crippen molar-refractivity contribution in [2.75, 3.05) is 14.2 Å². The molecule has 2 aliphatic heterocycles. The maximum atomic E-state index is 13.2. The van der Waals surface area contributed by atoms with E-state index in [1.165, 1.54) is 20.3 Å². The van der Waals surface area contributed by atoms with Gasteiger partial charge >= 0.3 is 23.9 Å². The summed E-state index contributed by atoms with van der Waals surface area (Å²) in [5, 5.41) is 9.34. The molecule has 2 aliphatic rings. The number of hydrogen-bond donors (Lipinski definition) is 1. The third kappa shape index (κ3) is 15.2. The van der Waals surface area contributed by atoms with Gasteiger partial charge in [0.2, 0.25) is 0 Å². The molecule has 11 nitrogen and oxygen atoms in total. The first kappa shape index (κ1) is 48.8. The molecule has 0 aromatic carbocycles. The largest absolute Gasteiger partial charge is 0.478 e. The molecule has 2 heterocycles. The van der Waals surface area contributed by atoms with E-state index in [1.54, 1.807) is 19.1 Å². The zero-order chi connectivity index (χ0) is 42.3. The molecule has 316 valence electrons. The summed E-state index contributed by atoms with van der Waals surface area (Å²) in [5.41, 5.74) is 0.541. The summed E-state index contributed by atoms with van der Waals surface area (Å²) in [6.07, 6.45) is 18.2. The van der Waals surface area contributed by atoms with Gasteiger partial charge in [-0.05, 0) is 75.6 Å². The number of carboxylic acids is 1. The fraction of sp³-hybridized carbons (Fsp3) is 0.682. The van der Waals surface area contributed by atoms with Crippen LogP contribution < -0.4 is 0 Å². The molecule has 0 saturated carbocycles. The Morgan fingerprint density at radius 3 is 2.21 bits per heavy atom. The highest BCUT2D eigenvalue weighted by Crippen LogP contribution is 2.48. The summed E-state index contributed by atoms with van der Waals surface area (Å²) >= 11 is 0. The zero-order valence-electron chi connectivity index (χ0n) is 36.1. The van der Waals surface area contributed by atoms with E-state index in [9.17, 15) is 24.3 Å². The number of carboxylic acid groups (broad SMARTS) is 1. The Kier molecular flexibility index (Phi) is 19.2. The highest BCUT2D eigenvalue weighted by Gasteiger charge is 2.54. The Bertz CT molecular complexity index is 1490. The lowest BCUT2D eigenvalue weighted by molar-refractivity contribution is -0.344. The monoisotopic (exact) mass is 802 g/mol. The number of allylic oxidation sites excluding steroid dienone is 4. The molecular weight excluding hydrogens is 733 g/mol. The minimum atomic E-state index is -2.14. The Hall–Kier alpha value is -3.32. The molecule has 12 heteroatoms. The van der Waals surface area contributed by atoms with Crippen LogP contribution in [0.4, 0.5) is 0 Å². The Balaban J connectivity index is 2.39. The summed E-state index contributed by atoms with van der Waals surface area (Å²) in [6, 6.07) is 0. The van der Waals surface area contributed by atoms with Gasteiger partial charge in [-0.15, -0.1) is 0 Å². The van der Waals surface area contributed by atoms with E-state index in [-0.39, 0.29) is 41.9 Å². The van der Waals surface area contributed by atoms with Gasteiger partial charge in [0, 0.05) is 30.9 Å². The molecule has 7 atom stereocenters. The van der Waals surface area contributed by atoms with Gasteiger partial charge < -0.3 is 33.2 Å². The minimum absolute atomic E-state index is 0.00593. The predicted molar refractivity (Wildman–Crippen MR) is 220 cm³/mol. The molecule has 1 spiro atoms. The Morgan fingerprint density at radius 1 is 0.929 bits per heavy atom. The molecule has 0 amide bonds. The molecule has 2 rings (SSSR count). The third-order valence-corrected chi connectivity index (χ3v) is 15.9. The molecule has 2 saturated heterocycles. The Morgan fingerprint density at radius 2 is 1.61 bits per heavy atom. The number of unbranched alkanes of at least 4 members (excludes halogenated alkanes) is 1. The first-order valence-electron chi connectivity index (χ1n) is 20.1. The number of rotatable bonds is 19. The molecule has 0 aliphatic carbocycles. The number of carbonyl (C=O) groups is 4. The number of aliphatic carboxylic acids is 1. The molecule has 0 bridgehead atoms. The van der Waals surface area contributed by atoms with Crippen molar-refractivity contribution in [2.45, 2.75) is 167 Å². The molecular formula is C44H70O11Si. The highest BCUT2D eigenvalue weighted by atomic mass is 28.4. The summed E-state index contributed by atoms with van der Waals surface area (Å²) < 4.78 is 36.4. The molecule has 0 aromatic heterocycles. The molecule has 0 unspecified atom stereocenters. The SMILES string of the molecule is CCCC[C@@]1(OC(=O)CCC(=O)OC)CC[C@]2(CC[C@H](C)[C@@H](C/C=C(C)/C=C/[C@H](O[Si](C)(C)C(C)(C)C)[C@@H](C)/C=C/C(=O)OC)O2)O[C@H]1/C=C/C(C)=C/C(=O)O. The smallest absolute Gasteiger partial charge is 0.330 e. The van der Waals surface area contributed by atoms with Gasteiger partial charge in [0.1, 0.15) is 11.7 Å². The number of esters is 3. The fourth-order valence-electron chi connectivity index (χ4n) is 6.62. The van der Waals surface area contributed by atoms with Crippen molar-refractivity contribution >= 4 is 32.2 Å². The molecule has 0 radical (unpaired) electrons. The minimum Gasteiger partial charge on any atom is -0.478 e.